The summed E-state index contributed by atoms with van der Waals surface area (Å²) in [5, 5.41) is 0. The highest BCUT2D eigenvalue weighted by Gasteiger charge is 2.27. The predicted molar refractivity (Wildman–Crippen MR) is 109 cm³/mol. The van der Waals surface area contributed by atoms with Crippen molar-refractivity contribution in [2.24, 2.45) is 0 Å². The summed E-state index contributed by atoms with van der Waals surface area (Å²) in [4.78, 5) is -0.0454. The van der Waals surface area contributed by atoms with Crippen molar-refractivity contribution in [3.8, 4) is 5.75 Å². The van der Waals surface area contributed by atoms with E-state index in [2.05, 4.69) is 0 Å². The van der Waals surface area contributed by atoms with Crippen molar-refractivity contribution >= 4 is 15.7 Å². The zero-order valence-electron chi connectivity index (χ0n) is 16.0. The minimum Gasteiger partial charge on any atom is -0.497 e. The molecule has 6 heteroatoms. The minimum atomic E-state index is -3.99. The predicted octanol–water partition coefficient (Wildman–Crippen LogP) is 4.85. The number of hydrogen-bond donors (Lipinski definition) is 0. The van der Waals surface area contributed by atoms with Gasteiger partial charge in [0, 0.05) is 0 Å². The Balaban J connectivity index is 2.12. The molecule has 0 saturated heterocycles. The lowest BCUT2D eigenvalue weighted by Gasteiger charge is -2.26. The molecule has 3 aromatic rings. The van der Waals surface area contributed by atoms with Gasteiger partial charge in [0.05, 0.1) is 24.2 Å². The summed E-state index contributed by atoms with van der Waals surface area (Å²) in [7, 11) is -2.44. The number of hydrogen-bond acceptors (Lipinski definition) is 3. The number of nitrogens with zero attached hydrogens (tertiary/aromatic N) is 1. The molecule has 0 aliphatic carbocycles. The van der Waals surface area contributed by atoms with E-state index in [9.17, 15) is 12.8 Å². The molecule has 3 rings (SSSR count). The van der Waals surface area contributed by atoms with Gasteiger partial charge in [-0.1, -0.05) is 35.9 Å². The Bertz CT molecular complexity index is 1080. The maximum atomic E-state index is 13.8. The molecule has 0 fully saturated rings. The summed E-state index contributed by atoms with van der Waals surface area (Å²) >= 11 is 0. The summed E-state index contributed by atoms with van der Waals surface area (Å²) in [6, 6.07) is 18.2. The van der Waals surface area contributed by atoms with Gasteiger partial charge in [0.25, 0.3) is 10.0 Å². The largest absolute Gasteiger partial charge is 0.497 e. The SMILES string of the molecule is COc1ccc(N(Cc2cccc(C)c2)S(=O)(=O)c2cc(F)ccc2C)cc1. The van der Waals surface area contributed by atoms with Gasteiger partial charge in [0.2, 0.25) is 0 Å². The van der Waals surface area contributed by atoms with Crippen LogP contribution in [0.4, 0.5) is 10.1 Å². The molecule has 0 unspecified atom stereocenters. The molecule has 0 heterocycles. The first-order valence-corrected chi connectivity index (χ1v) is 10.2. The highest BCUT2D eigenvalue weighted by Crippen LogP contribution is 2.29. The van der Waals surface area contributed by atoms with Crippen LogP contribution in [0.25, 0.3) is 0 Å². The van der Waals surface area contributed by atoms with Gasteiger partial charge in [-0.2, -0.15) is 0 Å². The van der Waals surface area contributed by atoms with E-state index >= 15 is 0 Å². The van der Waals surface area contributed by atoms with Crippen LogP contribution >= 0.6 is 0 Å². The molecule has 0 aliphatic rings. The molecule has 0 saturated carbocycles. The fourth-order valence-electron chi connectivity index (χ4n) is 3.01. The van der Waals surface area contributed by atoms with E-state index in [0.717, 1.165) is 17.2 Å². The Labute approximate surface area is 165 Å². The Morgan fingerprint density at radius 1 is 0.964 bits per heavy atom. The van der Waals surface area contributed by atoms with Gasteiger partial charge in [-0.15, -0.1) is 0 Å². The van der Waals surface area contributed by atoms with Crippen LogP contribution in [0.1, 0.15) is 16.7 Å². The summed E-state index contributed by atoms with van der Waals surface area (Å²) < 4.78 is 47.2. The van der Waals surface area contributed by atoms with Gasteiger partial charge in [0.1, 0.15) is 11.6 Å². The number of aryl methyl sites for hydroxylation is 2. The number of anilines is 1. The minimum absolute atomic E-state index is 0.0454. The van der Waals surface area contributed by atoms with Crippen LogP contribution in [0, 0.1) is 19.7 Å². The smallest absolute Gasteiger partial charge is 0.264 e. The average molecular weight is 399 g/mol. The van der Waals surface area contributed by atoms with E-state index in [1.807, 2.05) is 31.2 Å². The molecule has 0 atom stereocenters. The van der Waals surface area contributed by atoms with Gasteiger partial charge in [-0.3, -0.25) is 4.31 Å². The van der Waals surface area contributed by atoms with Crippen LogP contribution in [-0.2, 0) is 16.6 Å². The number of methoxy groups -OCH3 is 1. The Hall–Kier alpha value is -2.86. The first-order chi connectivity index (χ1) is 13.3. The zero-order valence-corrected chi connectivity index (χ0v) is 16.8. The first-order valence-electron chi connectivity index (χ1n) is 8.80. The van der Waals surface area contributed by atoms with E-state index < -0.39 is 15.8 Å². The van der Waals surface area contributed by atoms with Gasteiger partial charge >= 0.3 is 0 Å². The normalized spacial score (nSPS) is 11.3. The Kier molecular flexibility index (Phi) is 5.70. The third-order valence-electron chi connectivity index (χ3n) is 4.49. The zero-order chi connectivity index (χ0) is 20.3. The van der Waals surface area contributed by atoms with Crippen molar-refractivity contribution in [3.63, 3.8) is 0 Å². The fourth-order valence-corrected chi connectivity index (χ4v) is 4.70. The number of benzene rings is 3. The third-order valence-corrected chi connectivity index (χ3v) is 6.40. The summed E-state index contributed by atoms with van der Waals surface area (Å²) in [6.07, 6.45) is 0. The molecule has 0 spiro atoms. The molecule has 0 aromatic heterocycles. The molecule has 0 aliphatic heterocycles. The first kappa shape index (κ1) is 19.9. The molecule has 0 amide bonds. The van der Waals surface area contributed by atoms with Crippen LogP contribution in [-0.4, -0.2) is 15.5 Å². The van der Waals surface area contributed by atoms with E-state index in [1.165, 1.54) is 16.4 Å². The number of ether oxygens (including phenoxy) is 1. The standard InChI is InChI=1S/C22H22FNO3S/c1-16-5-4-6-18(13-16)15-24(20-9-11-21(27-3)12-10-20)28(25,26)22-14-19(23)8-7-17(22)2/h4-14H,15H2,1-3H3. The molecule has 146 valence electrons. The lowest BCUT2D eigenvalue weighted by Crippen LogP contribution is -2.31. The van der Waals surface area contributed by atoms with E-state index in [1.54, 1.807) is 38.3 Å². The van der Waals surface area contributed by atoms with Crippen molar-refractivity contribution in [2.45, 2.75) is 25.3 Å². The second kappa shape index (κ2) is 8.02. The average Bonchev–Trinajstić information content (AvgIpc) is 2.68. The summed E-state index contributed by atoms with van der Waals surface area (Å²) in [6.45, 7) is 3.74. The Morgan fingerprint density at radius 3 is 2.32 bits per heavy atom. The van der Waals surface area contributed by atoms with Crippen molar-refractivity contribution in [1.29, 1.82) is 0 Å². The van der Waals surface area contributed by atoms with Crippen molar-refractivity contribution in [3.05, 3.63) is 89.2 Å². The number of rotatable bonds is 6. The van der Waals surface area contributed by atoms with Gasteiger partial charge in [0.15, 0.2) is 0 Å². The second-order valence-corrected chi connectivity index (χ2v) is 8.44. The highest BCUT2D eigenvalue weighted by molar-refractivity contribution is 7.92. The third kappa shape index (κ3) is 4.17. The van der Waals surface area contributed by atoms with Crippen LogP contribution in [0.15, 0.2) is 71.6 Å². The summed E-state index contributed by atoms with van der Waals surface area (Å²) in [5.41, 5.74) is 2.84. The van der Waals surface area contributed by atoms with Gasteiger partial charge in [-0.05, 0) is 61.4 Å². The number of sulfonamides is 1. The lowest BCUT2D eigenvalue weighted by atomic mass is 10.1. The highest BCUT2D eigenvalue weighted by atomic mass is 32.2. The second-order valence-electron chi connectivity index (χ2n) is 6.61. The quantitative estimate of drug-likeness (QED) is 0.595. The molecular formula is C22H22FNO3S. The van der Waals surface area contributed by atoms with Crippen molar-refractivity contribution in [2.75, 3.05) is 11.4 Å². The van der Waals surface area contributed by atoms with Crippen LogP contribution < -0.4 is 9.04 Å². The summed E-state index contributed by atoms with van der Waals surface area (Å²) in [5.74, 6) is 0.0352. The van der Waals surface area contributed by atoms with E-state index in [4.69, 9.17) is 4.74 Å². The molecule has 3 aromatic carbocycles. The van der Waals surface area contributed by atoms with E-state index in [0.29, 0.717) is 17.0 Å². The monoisotopic (exact) mass is 399 g/mol. The lowest BCUT2D eigenvalue weighted by molar-refractivity contribution is 0.415. The fraction of sp³-hybridized carbons (Fsp3) is 0.182. The van der Waals surface area contributed by atoms with Crippen molar-refractivity contribution < 1.29 is 17.5 Å². The van der Waals surface area contributed by atoms with Gasteiger partial charge < -0.3 is 4.74 Å². The molecule has 0 bridgehead atoms. The molecule has 4 nitrogen and oxygen atoms in total. The van der Waals surface area contributed by atoms with Crippen LogP contribution in [0.3, 0.4) is 0 Å². The molecule has 0 radical (unpaired) electrons. The maximum absolute atomic E-state index is 13.8. The molecule has 28 heavy (non-hydrogen) atoms. The molecule has 0 N–H and O–H groups in total. The van der Waals surface area contributed by atoms with Gasteiger partial charge in [-0.25, -0.2) is 12.8 Å². The van der Waals surface area contributed by atoms with Crippen LogP contribution in [0.2, 0.25) is 0 Å². The van der Waals surface area contributed by atoms with Crippen LogP contribution in [0.5, 0.6) is 5.75 Å². The van der Waals surface area contributed by atoms with Crippen molar-refractivity contribution in [1.82, 2.24) is 0 Å². The Morgan fingerprint density at radius 2 is 1.68 bits per heavy atom. The molecular weight excluding hydrogens is 377 g/mol. The van der Waals surface area contributed by atoms with E-state index in [-0.39, 0.29) is 11.4 Å². The number of halogens is 1. The topological polar surface area (TPSA) is 46.6 Å². The maximum Gasteiger partial charge on any atom is 0.264 e.